The Morgan fingerprint density at radius 2 is 2.08 bits per heavy atom. The SMILES string of the molecule is C#CCn1c(=NC(=O)C(C)(C)C)sc2cc(C(=O)OCC)ccc21. The summed E-state index contributed by atoms with van der Waals surface area (Å²) in [7, 11) is 0. The third-order valence-corrected chi connectivity index (χ3v) is 4.32. The van der Waals surface area contributed by atoms with Crippen LogP contribution in [0, 0.1) is 17.8 Å². The highest BCUT2D eigenvalue weighted by atomic mass is 32.1. The molecule has 0 aliphatic carbocycles. The van der Waals surface area contributed by atoms with Crippen molar-refractivity contribution in [1.82, 2.24) is 4.57 Å². The largest absolute Gasteiger partial charge is 0.462 e. The minimum atomic E-state index is -0.569. The van der Waals surface area contributed by atoms with Gasteiger partial charge in [0.2, 0.25) is 0 Å². The van der Waals surface area contributed by atoms with Gasteiger partial charge in [-0.2, -0.15) is 4.99 Å². The fourth-order valence-corrected chi connectivity index (χ4v) is 3.07. The molecule has 6 heteroatoms. The number of benzene rings is 1. The van der Waals surface area contributed by atoms with Crippen molar-refractivity contribution in [2.45, 2.75) is 34.2 Å². The molecule has 0 spiro atoms. The average molecular weight is 344 g/mol. The van der Waals surface area contributed by atoms with Gasteiger partial charge in [-0.3, -0.25) is 4.79 Å². The van der Waals surface area contributed by atoms with Gasteiger partial charge in [-0.1, -0.05) is 38.0 Å². The van der Waals surface area contributed by atoms with Crippen molar-refractivity contribution >= 4 is 33.4 Å². The molecule has 2 rings (SSSR count). The molecule has 24 heavy (non-hydrogen) atoms. The second-order valence-corrected chi connectivity index (χ2v) is 7.25. The first-order valence-electron chi connectivity index (χ1n) is 7.61. The lowest BCUT2D eigenvalue weighted by atomic mass is 9.96. The van der Waals surface area contributed by atoms with Gasteiger partial charge in [0.1, 0.15) is 0 Å². The van der Waals surface area contributed by atoms with Gasteiger partial charge in [0.05, 0.1) is 28.9 Å². The molecule has 1 aromatic heterocycles. The van der Waals surface area contributed by atoms with Gasteiger partial charge in [-0.05, 0) is 25.1 Å². The third kappa shape index (κ3) is 3.74. The molecule has 0 fully saturated rings. The van der Waals surface area contributed by atoms with Gasteiger partial charge >= 0.3 is 5.97 Å². The Morgan fingerprint density at radius 1 is 1.38 bits per heavy atom. The Hall–Kier alpha value is -2.39. The number of fused-ring (bicyclic) bond motifs is 1. The highest BCUT2D eigenvalue weighted by Crippen LogP contribution is 2.21. The molecule has 0 unspecified atom stereocenters. The van der Waals surface area contributed by atoms with Gasteiger partial charge < -0.3 is 9.30 Å². The molecule has 0 aliphatic rings. The smallest absolute Gasteiger partial charge is 0.338 e. The quantitative estimate of drug-likeness (QED) is 0.635. The second kappa shape index (κ2) is 7.02. The number of hydrogen-bond acceptors (Lipinski definition) is 4. The number of rotatable bonds is 3. The lowest BCUT2D eigenvalue weighted by Crippen LogP contribution is -2.23. The number of ether oxygens (including phenoxy) is 1. The zero-order valence-corrected chi connectivity index (χ0v) is 15.1. The number of carbonyl (C=O) groups excluding carboxylic acids is 2. The molecule has 5 nitrogen and oxygen atoms in total. The Bertz CT molecular complexity index is 892. The highest BCUT2D eigenvalue weighted by Gasteiger charge is 2.21. The summed E-state index contributed by atoms with van der Waals surface area (Å²) in [5, 5.41) is 0. The van der Waals surface area contributed by atoms with Crippen molar-refractivity contribution in [3.63, 3.8) is 0 Å². The lowest BCUT2D eigenvalue weighted by Gasteiger charge is -2.11. The van der Waals surface area contributed by atoms with Crippen LogP contribution in [0.4, 0.5) is 0 Å². The van der Waals surface area contributed by atoms with Crippen LogP contribution in [0.2, 0.25) is 0 Å². The number of aromatic nitrogens is 1. The summed E-state index contributed by atoms with van der Waals surface area (Å²) in [5.41, 5.74) is 0.735. The molecule has 0 radical (unpaired) electrons. The Kier molecular flexibility index (Phi) is 5.25. The van der Waals surface area contributed by atoms with Crippen molar-refractivity contribution in [3.8, 4) is 12.3 Å². The first-order chi connectivity index (χ1) is 11.3. The Balaban J connectivity index is 2.62. The summed E-state index contributed by atoms with van der Waals surface area (Å²) in [4.78, 5) is 28.9. The topological polar surface area (TPSA) is 60.7 Å². The maximum absolute atomic E-state index is 12.2. The molecule has 0 aliphatic heterocycles. The molecule has 0 N–H and O–H groups in total. The highest BCUT2D eigenvalue weighted by molar-refractivity contribution is 7.16. The third-order valence-electron chi connectivity index (χ3n) is 3.28. The van der Waals surface area contributed by atoms with Crippen LogP contribution in [-0.2, 0) is 16.1 Å². The van der Waals surface area contributed by atoms with Crippen LogP contribution in [-0.4, -0.2) is 23.1 Å². The number of amides is 1. The number of esters is 1. The molecule has 1 amide bonds. The average Bonchev–Trinajstić information content (AvgIpc) is 2.84. The molecule has 0 atom stereocenters. The van der Waals surface area contributed by atoms with Gasteiger partial charge in [0, 0.05) is 5.41 Å². The van der Waals surface area contributed by atoms with E-state index in [4.69, 9.17) is 11.2 Å². The first kappa shape index (κ1) is 18.0. The van der Waals surface area contributed by atoms with E-state index in [1.165, 1.54) is 11.3 Å². The molecule has 0 saturated carbocycles. The first-order valence-corrected chi connectivity index (χ1v) is 8.42. The van der Waals surface area contributed by atoms with E-state index in [-0.39, 0.29) is 11.9 Å². The monoisotopic (exact) mass is 344 g/mol. The van der Waals surface area contributed by atoms with Crippen LogP contribution in [0.15, 0.2) is 23.2 Å². The van der Waals surface area contributed by atoms with Crippen LogP contribution in [0.1, 0.15) is 38.1 Å². The number of nitrogens with zero attached hydrogens (tertiary/aromatic N) is 2. The summed E-state index contributed by atoms with van der Waals surface area (Å²) < 4.78 is 7.65. The molecule has 1 heterocycles. The minimum Gasteiger partial charge on any atom is -0.462 e. The standard InChI is InChI=1S/C18H20N2O3S/c1-6-10-20-13-9-8-12(15(21)23-7-2)11-14(13)24-17(20)19-16(22)18(3,4)5/h1,8-9,11H,7,10H2,2-5H3. The summed E-state index contributed by atoms with van der Waals surface area (Å²) in [6, 6.07) is 5.23. The van der Waals surface area contributed by atoms with Crippen molar-refractivity contribution in [2.24, 2.45) is 10.4 Å². The van der Waals surface area contributed by atoms with Gasteiger partial charge in [0.25, 0.3) is 5.91 Å². The predicted molar refractivity (Wildman–Crippen MR) is 94.6 cm³/mol. The van der Waals surface area contributed by atoms with Gasteiger partial charge in [-0.15, -0.1) is 6.42 Å². The molecular formula is C18H20N2O3S. The summed E-state index contributed by atoms with van der Waals surface area (Å²) in [5.74, 6) is 1.99. The summed E-state index contributed by atoms with van der Waals surface area (Å²) >= 11 is 1.33. The van der Waals surface area contributed by atoms with E-state index in [0.29, 0.717) is 23.5 Å². The number of carbonyl (C=O) groups is 2. The molecule has 1 aromatic carbocycles. The van der Waals surface area contributed by atoms with E-state index in [2.05, 4.69) is 10.9 Å². The molecular weight excluding hydrogens is 324 g/mol. The summed E-state index contributed by atoms with van der Waals surface area (Å²) in [6.07, 6.45) is 5.45. The fourth-order valence-electron chi connectivity index (χ4n) is 2.00. The van der Waals surface area contributed by atoms with Crippen LogP contribution in [0.3, 0.4) is 0 Å². The predicted octanol–water partition coefficient (Wildman–Crippen LogP) is 2.99. The number of thiazole rings is 1. The zero-order valence-electron chi connectivity index (χ0n) is 14.3. The minimum absolute atomic E-state index is 0.217. The van der Waals surface area contributed by atoms with Crippen LogP contribution < -0.4 is 4.80 Å². The lowest BCUT2D eigenvalue weighted by molar-refractivity contribution is -0.125. The van der Waals surface area contributed by atoms with Crippen molar-refractivity contribution < 1.29 is 14.3 Å². The number of terminal acetylenes is 1. The Labute approximate surface area is 145 Å². The molecule has 2 aromatic rings. The molecule has 0 bridgehead atoms. The van der Waals surface area contributed by atoms with E-state index in [0.717, 1.165) is 10.2 Å². The van der Waals surface area contributed by atoms with Crippen molar-refractivity contribution in [3.05, 3.63) is 28.6 Å². The molecule has 126 valence electrons. The van der Waals surface area contributed by atoms with E-state index in [1.807, 2.05) is 20.8 Å². The van der Waals surface area contributed by atoms with E-state index < -0.39 is 5.41 Å². The van der Waals surface area contributed by atoms with E-state index >= 15 is 0 Å². The van der Waals surface area contributed by atoms with Gasteiger partial charge in [-0.25, -0.2) is 4.79 Å². The maximum Gasteiger partial charge on any atom is 0.338 e. The van der Waals surface area contributed by atoms with Gasteiger partial charge in [0.15, 0.2) is 4.80 Å². The normalized spacial score (nSPS) is 12.2. The Morgan fingerprint density at radius 3 is 2.67 bits per heavy atom. The molecule has 0 saturated heterocycles. The van der Waals surface area contributed by atoms with Crippen molar-refractivity contribution in [2.75, 3.05) is 6.61 Å². The zero-order chi connectivity index (χ0) is 17.9. The fraction of sp³-hybridized carbons (Fsp3) is 0.389. The van der Waals surface area contributed by atoms with Crippen LogP contribution in [0.25, 0.3) is 10.2 Å². The summed E-state index contributed by atoms with van der Waals surface area (Å²) in [6.45, 7) is 7.83. The van der Waals surface area contributed by atoms with Crippen LogP contribution >= 0.6 is 11.3 Å². The number of hydrogen-bond donors (Lipinski definition) is 0. The second-order valence-electron chi connectivity index (χ2n) is 6.24. The maximum atomic E-state index is 12.2. The van der Waals surface area contributed by atoms with Crippen LogP contribution in [0.5, 0.6) is 0 Å². The van der Waals surface area contributed by atoms with Crippen molar-refractivity contribution in [1.29, 1.82) is 0 Å². The van der Waals surface area contributed by atoms with E-state index in [1.54, 1.807) is 29.7 Å². The van der Waals surface area contributed by atoms with E-state index in [9.17, 15) is 9.59 Å².